The number of carbonyl (C=O) groups is 1. The lowest BCUT2D eigenvalue weighted by Crippen LogP contribution is -1.96. The molecule has 0 atom stereocenters. The van der Waals surface area contributed by atoms with Gasteiger partial charge in [-0.3, -0.25) is 4.79 Å². The highest BCUT2D eigenvalue weighted by Gasteiger charge is 2.12. The molecule has 0 fully saturated rings. The first-order chi connectivity index (χ1) is 6.16. The van der Waals surface area contributed by atoms with Crippen molar-refractivity contribution in [1.29, 1.82) is 0 Å². The Morgan fingerprint density at radius 3 is 2.77 bits per heavy atom. The molecule has 0 aliphatic carbocycles. The average molecular weight is 260 g/mol. The molecule has 0 spiro atoms. The number of benzene rings is 1. The number of amides is 1. The summed E-state index contributed by atoms with van der Waals surface area (Å²) in [6.45, 7) is 0. The van der Waals surface area contributed by atoms with Gasteiger partial charge in [0.2, 0.25) is 6.08 Å². The van der Waals surface area contributed by atoms with Gasteiger partial charge in [-0.1, -0.05) is 17.7 Å². The van der Waals surface area contributed by atoms with Crippen molar-refractivity contribution in [1.82, 2.24) is 0 Å². The summed E-state index contributed by atoms with van der Waals surface area (Å²) in [6, 6.07) is 4.85. The lowest BCUT2D eigenvalue weighted by atomic mass is 10.2. The van der Waals surface area contributed by atoms with E-state index < -0.39 is 5.91 Å². The SMILES string of the molecule is O=C=NC(=O)c1c(Cl)cccc1Br. The smallest absolute Gasteiger partial charge is 0.266 e. The van der Waals surface area contributed by atoms with Gasteiger partial charge in [0.1, 0.15) is 0 Å². The number of nitrogens with zero attached hydrogens (tertiary/aromatic N) is 1. The van der Waals surface area contributed by atoms with Crippen molar-refractivity contribution >= 4 is 39.5 Å². The third kappa shape index (κ3) is 2.25. The van der Waals surface area contributed by atoms with Gasteiger partial charge in [0, 0.05) is 4.47 Å². The van der Waals surface area contributed by atoms with Crippen LogP contribution in [0.5, 0.6) is 0 Å². The molecule has 13 heavy (non-hydrogen) atoms. The van der Waals surface area contributed by atoms with Gasteiger partial charge < -0.3 is 0 Å². The van der Waals surface area contributed by atoms with E-state index in [-0.39, 0.29) is 10.6 Å². The van der Waals surface area contributed by atoms with Crippen molar-refractivity contribution in [2.45, 2.75) is 0 Å². The number of hydrogen-bond acceptors (Lipinski definition) is 2. The van der Waals surface area contributed by atoms with Crippen LogP contribution in [-0.4, -0.2) is 12.0 Å². The van der Waals surface area contributed by atoms with Crippen molar-refractivity contribution < 1.29 is 9.59 Å². The Morgan fingerprint density at radius 1 is 1.54 bits per heavy atom. The van der Waals surface area contributed by atoms with Crippen LogP contribution in [0.4, 0.5) is 0 Å². The van der Waals surface area contributed by atoms with Crippen LogP contribution in [0.1, 0.15) is 10.4 Å². The van der Waals surface area contributed by atoms with E-state index in [2.05, 4.69) is 20.9 Å². The zero-order chi connectivity index (χ0) is 9.84. The maximum absolute atomic E-state index is 11.1. The predicted molar refractivity (Wildman–Crippen MR) is 51.6 cm³/mol. The van der Waals surface area contributed by atoms with E-state index in [0.29, 0.717) is 4.47 Å². The van der Waals surface area contributed by atoms with E-state index in [9.17, 15) is 9.59 Å². The van der Waals surface area contributed by atoms with Crippen molar-refractivity contribution in [2.75, 3.05) is 0 Å². The predicted octanol–water partition coefficient (Wildman–Crippen LogP) is 2.58. The van der Waals surface area contributed by atoms with Crippen LogP contribution in [0, 0.1) is 0 Å². The first-order valence-corrected chi connectivity index (χ1v) is 4.40. The zero-order valence-electron chi connectivity index (χ0n) is 6.25. The highest BCUT2D eigenvalue weighted by Crippen LogP contribution is 2.25. The highest BCUT2D eigenvalue weighted by atomic mass is 79.9. The third-order valence-electron chi connectivity index (χ3n) is 1.32. The molecule has 0 aliphatic heterocycles. The van der Waals surface area contributed by atoms with Gasteiger partial charge in [0.25, 0.3) is 5.91 Å². The van der Waals surface area contributed by atoms with E-state index in [1.807, 2.05) is 0 Å². The molecule has 0 aliphatic rings. The molecule has 0 aromatic heterocycles. The van der Waals surface area contributed by atoms with Gasteiger partial charge in [-0.25, -0.2) is 4.79 Å². The minimum atomic E-state index is -0.701. The second kappa shape index (κ2) is 4.33. The lowest BCUT2D eigenvalue weighted by Gasteiger charge is -1.99. The molecule has 0 unspecified atom stereocenters. The average Bonchev–Trinajstić information content (AvgIpc) is 2.04. The van der Waals surface area contributed by atoms with Crippen molar-refractivity contribution in [3.05, 3.63) is 33.3 Å². The Bertz CT molecular complexity index is 379. The summed E-state index contributed by atoms with van der Waals surface area (Å²) < 4.78 is 0.504. The van der Waals surface area contributed by atoms with Gasteiger partial charge in [-0.05, 0) is 28.1 Å². The lowest BCUT2D eigenvalue weighted by molar-refractivity contribution is 0.100. The second-order valence-electron chi connectivity index (χ2n) is 2.10. The Hall–Kier alpha value is -0.960. The monoisotopic (exact) mass is 259 g/mol. The van der Waals surface area contributed by atoms with Crippen LogP contribution in [-0.2, 0) is 4.79 Å². The second-order valence-corrected chi connectivity index (χ2v) is 3.37. The van der Waals surface area contributed by atoms with Crippen LogP contribution in [0.15, 0.2) is 27.7 Å². The highest BCUT2D eigenvalue weighted by molar-refractivity contribution is 9.10. The molecule has 1 amide bonds. The van der Waals surface area contributed by atoms with Crippen LogP contribution in [0.25, 0.3) is 0 Å². The molecular weight excluding hydrogens is 257 g/mol. The topological polar surface area (TPSA) is 46.5 Å². The standard InChI is InChI=1S/C8H3BrClNO2/c9-5-2-1-3-6(10)7(5)8(13)11-4-12/h1-3H. The first kappa shape index (κ1) is 10.1. The van der Waals surface area contributed by atoms with Gasteiger partial charge in [0.05, 0.1) is 10.6 Å². The fraction of sp³-hybridized carbons (Fsp3) is 0. The minimum Gasteiger partial charge on any atom is -0.266 e. The Morgan fingerprint density at radius 2 is 2.23 bits per heavy atom. The molecule has 3 nitrogen and oxygen atoms in total. The van der Waals surface area contributed by atoms with Gasteiger partial charge in [-0.15, -0.1) is 4.99 Å². The molecular formula is C8H3BrClNO2. The molecule has 0 saturated carbocycles. The number of halogens is 2. The summed E-state index contributed by atoms with van der Waals surface area (Å²) in [7, 11) is 0. The van der Waals surface area contributed by atoms with Crippen LogP contribution < -0.4 is 0 Å². The van der Waals surface area contributed by atoms with Crippen molar-refractivity contribution in [2.24, 2.45) is 4.99 Å². The summed E-state index contributed by atoms with van der Waals surface area (Å²) in [4.78, 5) is 23.9. The molecule has 0 radical (unpaired) electrons. The fourth-order valence-electron chi connectivity index (χ4n) is 0.799. The Kier molecular flexibility index (Phi) is 3.37. The summed E-state index contributed by atoms with van der Waals surface area (Å²) in [5.41, 5.74) is 0.174. The van der Waals surface area contributed by atoms with Gasteiger partial charge in [-0.2, -0.15) is 0 Å². The summed E-state index contributed by atoms with van der Waals surface area (Å²) in [5, 5.41) is 0.248. The van der Waals surface area contributed by atoms with Crippen molar-refractivity contribution in [3.63, 3.8) is 0 Å². The van der Waals surface area contributed by atoms with E-state index in [1.54, 1.807) is 18.2 Å². The summed E-state index contributed by atoms with van der Waals surface area (Å²) in [6.07, 6.45) is 1.17. The largest absolute Gasteiger partial charge is 0.290 e. The maximum atomic E-state index is 11.1. The quantitative estimate of drug-likeness (QED) is 0.575. The molecule has 0 heterocycles. The molecule has 1 aromatic carbocycles. The fourth-order valence-corrected chi connectivity index (χ4v) is 1.70. The van der Waals surface area contributed by atoms with E-state index in [4.69, 9.17) is 11.6 Å². The molecule has 0 N–H and O–H groups in total. The number of carbonyl (C=O) groups excluding carboxylic acids is 2. The molecule has 1 rings (SSSR count). The van der Waals surface area contributed by atoms with Crippen LogP contribution >= 0.6 is 27.5 Å². The van der Waals surface area contributed by atoms with Crippen molar-refractivity contribution in [3.8, 4) is 0 Å². The van der Waals surface area contributed by atoms with Crippen LogP contribution in [0.2, 0.25) is 5.02 Å². The maximum Gasteiger partial charge on any atom is 0.290 e. The molecule has 0 bridgehead atoms. The Labute approximate surface area is 87.6 Å². The van der Waals surface area contributed by atoms with E-state index >= 15 is 0 Å². The zero-order valence-corrected chi connectivity index (χ0v) is 8.59. The van der Waals surface area contributed by atoms with Gasteiger partial charge >= 0.3 is 0 Å². The molecule has 0 saturated heterocycles. The van der Waals surface area contributed by atoms with Gasteiger partial charge in [0.15, 0.2) is 0 Å². The number of aliphatic imine (C=N–C) groups is 1. The molecule has 1 aromatic rings. The third-order valence-corrected chi connectivity index (χ3v) is 2.30. The van der Waals surface area contributed by atoms with E-state index in [0.717, 1.165) is 0 Å². The molecule has 66 valence electrons. The number of hydrogen-bond donors (Lipinski definition) is 0. The summed E-state index contributed by atoms with van der Waals surface area (Å²) >= 11 is 8.84. The van der Waals surface area contributed by atoms with Crippen LogP contribution in [0.3, 0.4) is 0 Å². The van der Waals surface area contributed by atoms with E-state index in [1.165, 1.54) is 6.08 Å². The number of rotatable bonds is 1. The normalized spacial score (nSPS) is 9.08. The summed E-state index contributed by atoms with van der Waals surface area (Å²) in [5.74, 6) is -0.701. The number of isocyanates is 1. The Balaban J connectivity index is 3.27. The molecule has 5 heteroatoms. The first-order valence-electron chi connectivity index (χ1n) is 3.23. The minimum absolute atomic E-state index is 0.174.